The predicted octanol–water partition coefficient (Wildman–Crippen LogP) is 2.67. The van der Waals surface area contributed by atoms with Crippen molar-refractivity contribution in [2.45, 2.75) is 77.3 Å². The number of nitrogens with zero attached hydrogens (tertiary/aromatic N) is 3. The molecule has 0 amide bonds. The third-order valence-corrected chi connectivity index (χ3v) is 6.12. The van der Waals surface area contributed by atoms with Gasteiger partial charge in [0.05, 0.1) is 25.1 Å². The molecule has 3 rings (SSSR count). The number of aliphatic hydroxyl groups is 1. The Morgan fingerprint density at radius 1 is 1.13 bits per heavy atom. The van der Waals surface area contributed by atoms with E-state index >= 15 is 0 Å². The van der Waals surface area contributed by atoms with Crippen LogP contribution in [0.2, 0.25) is 0 Å². The number of aromatic nitrogens is 2. The summed E-state index contributed by atoms with van der Waals surface area (Å²) < 4.78 is 21.1. The largest absolute Gasteiger partial charge is 0.481 e. The maximum Gasteiger partial charge on any atom is 0.336 e. The molecule has 0 saturated carbocycles. The molecule has 2 aromatic rings. The van der Waals surface area contributed by atoms with Crippen LogP contribution in [0.4, 0.5) is 4.39 Å². The zero-order valence-corrected chi connectivity index (χ0v) is 21.7. The number of aryl methyl sites for hydroxylation is 1. The number of benzene rings is 1. The molecule has 1 aromatic carbocycles. The highest BCUT2D eigenvalue weighted by atomic mass is 19.1. The summed E-state index contributed by atoms with van der Waals surface area (Å²) in [5, 5.41) is 38.3. The number of hydrogen-bond donors (Lipinski definition) is 4. The Kier molecular flexibility index (Phi) is 11.8. The van der Waals surface area contributed by atoms with Crippen molar-refractivity contribution < 1.29 is 43.9 Å². The van der Waals surface area contributed by atoms with Crippen molar-refractivity contribution in [3.8, 4) is 0 Å². The third-order valence-electron chi connectivity index (χ3n) is 6.12. The summed E-state index contributed by atoms with van der Waals surface area (Å²) in [5.41, 5.74) is 0.877. The third kappa shape index (κ3) is 9.84. The van der Waals surface area contributed by atoms with E-state index in [1.165, 1.54) is 23.4 Å². The molecule has 12 heteroatoms. The smallest absolute Gasteiger partial charge is 0.336 e. The fourth-order valence-corrected chi connectivity index (χ4v) is 4.14. The molecule has 1 saturated heterocycles. The van der Waals surface area contributed by atoms with Gasteiger partial charge in [-0.25, -0.2) is 9.18 Å². The molecule has 1 fully saturated rings. The van der Waals surface area contributed by atoms with Crippen LogP contribution in [0.15, 0.2) is 30.5 Å². The summed E-state index contributed by atoms with van der Waals surface area (Å²) >= 11 is 0. The van der Waals surface area contributed by atoms with Crippen molar-refractivity contribution in [1.29, 1.82) is 0 Å². The van der Waals surface area contributed by atoms with Crippen molar-refractivity contribution in [3.05, 3.63) is 53.1 Å². The Bertz CT molecular complexity index is 1050. The van der Waals surface area contributed by atoms with Gasteiger partial charge in [0.25, 0.3) is 0 Å². The van der Waals surface area contributed by atoms with Gasteiger partial charge in [0.2, 0.25) is 0 Å². The molecule has 11 nitrogen and oxygen atoms in total. The van der Waals surface area contributed by atoms with Crippen molar-refractivity contribution in [2.24, 2.45) is 0 Å². The molecule has 1 aliphatic heterocycles. The number of halogens is 1. The topological polar surface area (TPSA) is 162 Å². The molecule has 0 aliphatic carbocycles. The SMILES string of the molecule is CCCn1ncc(CN(Cc2ccc(F)cc2)CC2CCCO2)c1C.O=C(O)CC(O)(CC(=O)O)C(=O)O. The number of hydrogen-bond acceptors (Lipinski definition) is 7. The normalized spacial score (nSPS) is 15.2. The van der Waals surface area contributed by atoms with E-state index in [4.69, 9.17) is 25.2 Å². The quantitative estimate of drug-likeness (QED) is 0.299. The first-order valence-electron chi connectivity index (χ1n) is 12.4. The maximum atomic E-state index is 13.2. The molecular formula is C26H36FN3O8. The molecule has 0 radical (unpaired) electrons. The zero-order valence-electron chi connectivity index (χ0n) is 21.7. The minimum atomic E-state index is -2.74. The van der Waals surface area contributed by atoms with Crippen molar-refractivity contribution in [1.82, 2.24) is 14.7 Å². The van der Waals surface area contributed by atoms with Gasteiger partial charge >= 0.3 is 17.9 Å². The van der Waals surface area contributed by atoms with Crippen LogP contribution in [0.5, 0.6) is 0 Å². The second kappa shape index (κ2) is 14.6. The molecule has 2 heterocycles. The molecule has 38 heavy (non-hydrogen) atoms. The second-order valence-corrected chi connectivity index (χ2v) is 9.39. The van der Waals surface area contributed by atoms with Crippen LogP contribution >= 0.6 is 0 Å². The van der Waals surface area contributed by atoms with Crippen LogP contribution in [0.3, 0.4) is 0 Å². The lowest BCUT2D eigenvalue weighted by molar-refractivity contribution is -0.170. The van der Waals surface area contributed by atoms with E-state index in [1.54, 1.807) is 0 Å². The van der Waals surface area contributed by atoms with Gasteiger partial charge in [0.15, 0.2) is 5.60 Å². The molecule has 1 aromatic heterocycles. The lowest BCUT2D eigenvalue weighted by Crippen LogP contribution is -2.42. The number of carboxylic acid groups (broad SMARTS) is 3. The van der Waals surface area contributed by atoms with E-state index < -0.39 is 36.4 Å². The number of aliphatic carboxylic acids is 3. The van der Waals surface area contributed by atoms with Crippen molar-refractivity contribution in [2.75, 3.05) is 13.2 Å². The molecule has 4 N–H and O–H groups in total. The fourth-order valence-electron chi connectivity index (χ4n) is 4.14. The fraction of sp³-hybridized carbons (Fsp3) is 0.538. The first-order valence-corrected chi connectivity index (χ1v) is 12.4. The summed E-state index contributed by atoms with van der Waals surface area (Å²) in [6.45, 7) is 8.65. The zero-order chi connectivity index (χ0) is 28.3. The lowest BCUT2D eigenvalue weighted by Gasteiger charge is -2.25. The Hall–Kier alpha value is -3.35. The van der Waals surface area contributed by atoms with E-state index in [2.05, 4.69) is 28.5 Å². The van der Waals surface area contributed by atoms with E-state index in [0.717, 1.165) is 57.6 Å². The average Bonchev–Trinajstić information content (AvgIpc) is 3.45. The van der Waals surface area contributed by atoms with E-state index in [0.29, 0.717) is 6.10 Å². The number of carbonyl (C=O) groups is 3. The van der Waals surface area contributed by atoms with Gasteiger partial charge in [0.1, 0.15) is 5.82 Å². The first-order chi connectivity index (χ1) is 17.9. The Morgan fingerprint density at radius 3 is 2.26 bits per heavy atom. The summed E-state index contributed by atoms with van der Waals surface area (Å²) in [4.78, 5) is 32.9. The molecule has 0 bridgehead atoms. The molecule has 1 unspecified atom stereocenters. The average molecular weight is 538 g/mol. The Labute approximate surface area is 220 Å². The van der Waals surface area contributed by atoms with Gasteiger partial charge in [-0.2, -0.15) is 5.10 Å². The van der Waals surface area contributed by atoms with Gasteiger partial charge in [-0.05, 0) is 43.9 Å². The highest BCUT2D eigenvalue weighted by molar-refractivity contribution is 5.88. The van der Waals surface area contributed by atoms with Crippen LogP contribution in [0.1, 0.15) is 55.8 Å². The minimum Gasteiger partial charge on any atom is -0.481 e. The second-order valence-electron chi connectivity index (χ2n) is 9.39. The summed E-state index contributed by atoms with van der Waals surface area (Å²) in [6.07, 6.45) is 3.33. The number of rotatable bonds is 13. The Morgan fingerprint density at radius 2 is 1.76 bits per heavy atom. The van der Waals surface area contributed by atoms with Gasteiger partial charge in [-0.1, -0.05) is 19.1 Å². The van der Waals surface area contributed by atoms with Gasteiger partial charge in [-0.15, -0.1) is 0 Å². The molecule has 0 spiro atoms. The summed E-state index contributed by atoms with van der Waals surface area (Å²) in [5.74, 6) is -5.21. The van der Waals surface area contributed by atoms with Crippen LogP contribution in [0, 0.1) is 12.7 Å². The predicted molar refractivity (Wildman–Crippen MR) is 134 cm³/mol. The molecular weight excluding hydrogens is 501 g/mol. The van der Waals surface area contributed by atoms with Crippen LogP contribution in [0.25, 0.3) is 0 Å². The minimum absolute atomic E-state index is 0.189. The highest BCUT2D eigenvalue weighted by Crippen LogP contribution is 2.19. The molecule has 1 atom stereocenters. The lowest BCUT2D eigenvalue weighted by atomic mass is 9.96. The van der Waals surface area contributed by atoms with Crippen LogP contribution in [-0.2, 0) is 38.8 Å². The van der Waals surface area contributed by atoms with E-state index in [1.807, 2.05) is 18.3 Å². The van der Waals surface area contributed by atoms with Crippen molar-refractivity contribution in [3.63, 3.8) is 0 Å². The van der Waals surface area contributed by atoms with Gasteiger partial charge in [-0.3, -0.25) is 19.2 Å². The standard InChI is InChI=1S/C20H28FN3O.C6H8O7/c1-3-10-24-16(2)18(12-22-24)14-23(15-20-5-4-11-25-20)13-17-6-8-19(21)9-7-17;7-3(8)1-6(13,5(11)12)2-4(9)10/h6-9,12,20H,3-5,10-11,13-15H2,1-2H3;13H,1-2H2,(H,7,8)(H,9,10)(H,11,12). The number of ether oxygens (including phenoxy) is 1. The monoisotopic (exact) mass is 537 g/mol. The van der Waals surface area contributed by atoms with Gasteiger partial charge in [0, 0.05) is 44.0 Å². The molecule has 1 aliphatic rings. The first kappa shape index (κ1) is 30.9. The van der Waals surface area contributed by atoms with Gasteiger partial charge < -0.3 is 25.2 Å². The van der Waals surface area contributed by atoms with Crippen LogP contribution < -0.4 is 0 Å². The summed E-state index contributed by atoms with van der Waals surface area (Å²) in [7, 11) is 0. The van der Waals surface area contributed by atoms with E-state index in [-0.39, 0.29) is 5.82 Å². The number of carboxylic acids is 3. The highest BCUT2D eigenvalue weighted by Gasteiger charge is 2.40. The molecule has 210 valence electrons. The maximum absolute atomic E-state index is 13.2. The van der Waals surface area contributed by atoms with Crippen molar-refractivity contribution >= 4 is 17.9 Å². The van der Waals surface area contributed by atoms with E-state index in [9.17, 15) is 18.8 Å². The van der Waals surface area contributed by atoms with Crippen LogP contribution in [-0.4, -0.2) is 77.9 Å². The summed E-state index contributed by atoms with van der Waals surface area (Å²) in [6, 6.07) is 6.80. The Balaban J connectivity index is 0.000000332.